The van der Waals surface area contributed by atoms with E-state index >= 15 is 0 Å². The van der Waals surface area contributed by atoms with E-state index in [0.717, 1.165) is 24.9 Å². The van der Waals surface area contributed by atoms with Crippen molar-refractivity contribution in [2.45, 2.75) is 31.7 Å². The Morgan fingerprint density at radius 1 is 1.09 bits per heavy atom. The van der Waals surface area contributed by atoms with Crippen molar-refractivity contribution in [1.82, 2.24) is 15.1 Å². The fourth-order valence-electron chi connectivity index (χ4n) is 3.60. The Morgan fingerprint density at radius 3 is 1.95 bits per heavy atom. The van der Waals surface area contributed by atoms with Crippen LogP contribution >= 0.6 is 37.4 Å². The van der Waals surface area contributed by atoms with Gasteiger partial charge < -0.3 is 15.1 Å². The molecule has 132 valence electrons. The Balaban J connectivity index is 0.00000220. The maximum absolute atomic E-state index is 12.3. The van der Waals surface area contributed by atoms with Crippen LogP contribution in [0.15, 0.2) is 0 Å². The maximum atomic E-state index is 12.3. The third kappa shape index (κ3) is 5.75. The molecule has 7 heteroatoms. The molecule has 0 bridgehead atoms. The van der Waals surface area contributed by atoms with Crippen molar-refractivity contribution in [1.29, 1.82) is 0 Å². The van der Waals surface area contributed by atoms with Gasteiger partial charge in [-0.05, 0) is 64.7 Å². The minimum absolute atomic E-state index is 0. The molecule has 1 atom stereocenters. The van der Waals surface area contributed by atoms with Gasteiger partial charge in [0.2, 0.25) is 5.91 Å². The molecule has 0 radical (unpaired) electrons. The lowest BCUT2D eigenvalue weighted by molar-refractivity contribution is -0.134. The quantitative estimate of drug-likeness (QED) is 0.741. The number of nitrogens with one attached hydrogen (secondary N) is 1. The first kappa shape index (κ1) is 22.3. The summed E-state index contributed by atoms with van der Waals surface area (Å²) in [6, 6.07) is -0.127. The van der Waals surface area contributed by atoms with E-state index in [1.165, 1.54) is 38.8 Å². The normalized spacial score (nSPS) is 22.6. The molecule has 2 fully saturated rings. The summed E-state index contributed by atoms with van der Waals surface area (Å²) in [6.45, 7) is 4.35. The van der Waals surface area contributed by atoms with E-state index in [-0.39, 0.29) is 36.8 Å². The monoisotopic (exact) mass is 371 g/mol. The number of likely N-dealkylation sites (N-methyl/N-ethyl adjacent to an activating group) is 1. The highest BCUT2D eigenvalue weighted by atomic mass is 35.5. The predicted octanol–water partition coefficient (Wildman–Crippen LogP) is 1.93. The Labute approximate surface area is 153 Å². The van der Waals surface area contributed by atoms with E-state index < -0.39 is 0 Å². The molecule has 4 nitrogen and oxygen atoms in total. The largest absolute Gasteiger partial charge is 0.341 e. The van der Waals surface area contributed by atoms with Crippen molar-refractivity contribution in [2.24, 2.45) is 11.8 Å². The van der Waals surface area contributed by atoms with Crippen molar-refractivity contribution in [3.8, 4) is 0 Å². The second-order valence-corrected chi connectivity index (χ2v) is 6.69. The summed E-state index contributed by atoms with van der Waals surface area (Å²) in [7, 11) is 4.05. The third-order valence-corrected chi connectivity index (χ3v) is 5.48. The van der Waals surface area contributed by atoms with Crippen LogP contribution in [-0.4, -0.2) is 67.8 Å². The van der Waals surface area contributed by atoms with E-state index in [0.29, 0.717) is 5.75 Å². The van der Waals surface area contributed by atoms with Crippen LogP contribution in [0.1, 0.15) is 25.7 Å². The molecular weight excluding hydrogens is 341 g/mol. The molecule has 0 aromatic rings. The molecule has 1 amide bonds. The summed E-state index contributed by atoms with van der Waals surface area (Å²) in [5.74, 6) is 2.51. The number of hydrogen-bond donors (Lipinski definition) is 2. The second-order valence-electron chi connectivity index (χ2n) is 6.33. The van der Waals surface area contributed by atoms with E-state index in [2.05, 4.69) is 29.9 Å². The number of carbonyl (C=O) groups is 1. The summed E-state index contributed by atoms with van der Waals surface area (Å²) in [6.07, 6.45) is 5.04. The van der Waals surface area contributed by atoms with Crippen LogP contribution < -0.4 is 5.32 Å². The second kappa shape index (κ2) is 11.0. The van der Waals surface area contributed by atoms with E-state index in [4.69, 9.17) is 0 Å². The zero-order chi connectivity index (χ0) is 14.5. The molecule has 2 aliphatic rings. The van der Waals surface area contributed by atoms with Gasteiger partial charge in [-0.1, -0.05) is 0 Å². The predicted molar refractivity (Wildman–Crippen MR) is 101 cm³/mol. The van der Waals surface area contributed by atoms with Crippen molar-refractivity contribution in [3.63, 3.8) is 0 Å². The molecule has 2 heterocycles. The molecule has 22 heavy (non-hydrogen) atoms. The van der Waals surface area contributed by atoms with Gasteiger partial charge in [0, 0.05) is 18.8 Å². The van der Waals surface area contributed by atoms with Crippen molar-refractivity contribution in [3.05, 3.63) is 0 Å². The van der Waals surface area contributed by atoms with Gasteiger partial charge in [-0.15, -0.1) is 24.8 Å². The minimum atomic E-state index is -0.127. The average molecular weight is 372 g/mol. The molecule has 2 aliphatic heterocycles. The van der Waals surface area contributed by atoms with Gasteiger partial charge in [0.25, 0.3) is 0 Å². The number of piperidine rings is 2. The van der Waals surface area contributed by atoms with Crippen LogP contribution in [-0.2, 0) is 4.79 Å². The Morgan fingerprint density at radius 2 is 1.55 bits per heavy atom. The number of nitrogens with zero attached hydrogens (tertiary/aromatic N) is 2. The molecule has 0 aromatic carbocycles. The van der Waals surface area contributed by atoms with Crippen molar-refractivity contribution >= 4 is 43.4 Å². The van der Waals surface area contributed by atoms with E-state index in [1.54, 1.807) is 0 Å². The van der Waals surface area contributed by atoms with Gasteiger partial charge in [0.15, 0.2) is 0 Å². The van der Waals surface area contributed by atoms with Gasteiger partial charge in [-0.2, -0.15) is 12.6 Å². The molecule has 0 aliphatic carbocycles. The molecule has 2 saturated heterocycles. The summed E-state index contributed by atoms with van der Waals surface area (Å²) < 4.78 is 0. The first-order chi connectivity index (χ1) is 9.65. The molecule has 0 spiro atoms. The molecular formula is C15H31Cl2N3OS. The maximum Gasteiger partial charge on any atom is 0.240 e. The Kier molecular flexibility index (Phi) is 11.1. The van der Waals surface area contributed by atoms with Crippen LogP contribution in [0.5, 0.6) is 0 Å². The van der Waals surface area contributed by atoms with Gasteiger partial charge in [0.05, 0.1) is 6.04 Å². The molecule has 0 unspecified atom stereocenters. The van der Waals surface area contributed by atoms with Crippen LogP contribution in [0.2, 0.25) is 0 Å². The highest BCUT2D eigenvalue weighted by Crippen LogP contribution is 2.32. The fourth-order valence-corrected chi connectivity index (χ4v) is 3.94. The zero-order valence-corrected chi connectivity index (χ0v) is 16.2. The van der Waals surface area contributed by atoms with Crippen LogP contribution in [0.4, 0.5) is 0 Å². The standard InChI is InChI=1S/C15H29N3OS.2ClH/c1-16-14(11-20)15(19)18-9-5-13(6-10-18)12-3-7-17(2)8-4-12;;/h12-14,16,20H,3-11H2,1-2H3;2*1H/t14-;;/m1../s1. The molecule has 2 rings (SSSR count). The summed E-state index contributed by atoms with van der Waals surface area (Å²) in [5.41, 5.74) is 0. The van der Waals surface area contributed by atoms with Gasteiger partial charge in [-0.3, -0.25) is 4.79 Å². The number of amides is 1. The van der Waals surface area contributed by atoms with Crippen LogP contribution in [0.3, 0.4) is 0 Å². The summed E-state index contributed by atoms with van der Waals surface area (Å²) >= 11 is 4.25. The summed E-state index contributed by atoms with van der Waals surface area (Å²) in [4.78, 5) is 16.8. The number of rotatable bonds is 4. The van der Waals surface area contributed by atoms with E-state index in [9.17, 15) is 4.79 Å². The van der Waals surface area contributed by atoms with Crippen molar-refractivity contribution < 1.29 is 4.79 Å². The number of halogens is 2. The lowest BCUT2D eigenvalue weighted by Gasteiger charge is -2.40. The highest BCUT2D eigenvalue weighted by molar-refractivity contribution is 7.80. The van der Waals surface area contributed by atoms with Crippen LogP contribution in [0, 0.1) is 11.8 Å². The molecule has 1 N–H and O–H groups in total. The summed E-state index contributed by atoms with van der Waals surface area (Å²) in [5, 5.41) is 3.06. The van der Waals surface area contributed by atoms with Crippen LogP contribution in [0.25, 0.3) is 0 Å². The number of hydrogen-bond acceptors (Lipinski definition) is 4. The fraction of sp³-hybridized carbons (Fsp3) is 0.933. The first-order valence-corrected chi connectivity index (χ1v) is 8.54. The smallest absolute Gasteiger partial charge is 0.240 e. The van der Waals surface area contributed by atoms with Gasteiger partial charge in [0.1, 0.15) is 0 Å². The number of likely N-dealkylation sites (tertiary alicyclic amines) is 2. The molecule has 0 saturated carbocycles. The number of carbonyl (C=O) groups excluding carboxylic acids is 1. The van der Waals surface area contributed by atoms with E-state index in [1.807, 2.05) is 11.9 Å². The Hall–Kier alpha value is 0.320. The molecule has 0 aromatic heterocycles. The topological polar surface area (TPSA) is 35.6 Å². The third-order valence-electron chi connectivity index (χ3n) is 5.11. The highest BCUT2D eigenvalue weighted by Gasteiger charge is 2.31. The lowest BCUT2D eigenvalue weighted by Crippen LogP contribution is -2.50. The first-order valence-electron chi connectivity index (χ1n) is 7.91. The zero-order valence-electron chi connectivity index (χ0n) is 13.7. The minimum Gasteiger partial charge on any atom is -0.341 e. The Bertz CT molecular complexity index is 316. The van der Waals surface area contributed by atoms with Gasteiger partial charge >= 0.3 is 0 Å². The van der Waals surface area contributed by atoms with Crippen molar-refractivity contribution in [2.75, 3.05) is 46.0 Å². The average Bonchev–Trinajstić information content (AvgIpc) is 2.49. The SMILES string of the molecule is CN[C@H](CS)C(=O)N1CCC(C2CCN(C)CC2)CC1.Cl.Cl. The number of thiol groups is 1. The van der Waals surface area contributed by atoms with Gasteiger partial charge in [-0.25, -0.2) is 0 Å². The lowest BCUT2D eigenvalue weighted by atomic mass is 9.79.